The minimum atomic E-state index is -0.297. The molecule has 1 fully saturated rings. The summed E-state index contributed by atoms with van der Waals surface area (Å²) in [5.41, 5.74) is 3.75. The highest BCUT2D eigenvalue weighted by Gasteiger charge is 2.20. The monoisotopic (exact) mass is 386 g/mol. The lowest BCUT2D eigenvalue weighted by Crippen LogP contribution is -2.46. The second-order valence-electron chi connectivity index (χ2n) is 7.56. The van der Waals surface area contributed by atoms with Crippen molar-refractivity contribution < 1.29 is 5.11 Å². The van der Waals surface area contributed by atoms with Crippen molar-refractivity contribution in [2.45, 2.75) is 33.2 Å². The topological polar surface area (TPSA) is 43.8 Å². The van der Waals surface area contributed by atoms with Crippen molar-refractivity contribution in [3.05, 3.63) is 68.3 Å². The van der Waals surface area contributed by atoms with Crippen molar-refractivity contribution in [2.75, 3.05) is 31.1 Å². The molecule has 0 saturated carbocycles. The van der Waals surface area contributed by atoms with Crippen LogP contribution in [0.2, 0.25) is 5.02 Å². The smallest absolute Gasteiger partial charge is 0.220 e. The quantitative estimate of drug-likeness (QED) is 0.856. The molecule has 0 spiro atoms. The third kappa shape index (κ3) is 4.63. The van der Waals surface area contributed by atoms with Crippen LogP contribution < -0.4 is 10.3 Å². The second kappa shape index (κ2) is 8.32. The van der Waals surface area contributed by atoms with Gasteiger partial charge >= 0.3 is 0 Å². The maximum Gasteiger partial charge on any atom is 0.220 e. The molecule has 27 heavy (non-hydrogen) atoms. The van der Waals surface area contributed by atoms with Crippen LogP contribution in [0.3, 0.4) is 0 Å². The number of rotatable bonds is 4. The molecule has 0 unspecified atom stereocenters. The van der Waals surface area contributed by atoms with Gasteiger partial charge in [0.15, 0.2) is 5.75 Å². The molecule has 1 N–H and O–H groups in total. The third-order valence-corrected chi connectivity index (χ3v) is 5.48. The van der Waals surface area contributed by atoms with Crippen LogP contribution in [-0.2, 0) is 6.54 Å². The normalized spacial score (nSPS) is 15.4. The van der Waals surface area contributed by atoms with Gasteiger partial charge in [-0.25, -0.2) is 0 Å². The van der Waals surface area contributed by atoms with E-state index >= 15 is 0 Å². The van der Waals surface area contributed by atoms with Gasteiger partial charge in [-0.2, -0.15) is 0 Å². The number of aromatic hydroxyl groups is 1. The van der Waals surface area contributed by atoms with Crippen molar-refractivity contribution >= 4 is 17.3 Å². The molecule has 2 aromatic rings. The van der Waals surface area contributed by atoms with Gasteiger partial charge in [0.2, 0.25) is 5.43 Å². The van der Waals surface area contributed by atoms with Crippen molar-refractivity contribution in [3.8, 4) is 5.75 Å². The first-order valence-corrected chi connectivity index (χ1v) is 9.82. The SMILES string of the molecule is Cc1cc(Cl)ccc1N1CCN(Cc2ccc(C(C)C)cc(=O)c2O)CC1. The summed E-state index contributed by atoms with van der Waals surface area (Å²) in [4.78, 5) is 16.9. The molecule has 1 aliphatic heterocycles. The molecule has 1 saturated heterocycles. The van der Waals surface area contributed by atoms with E-state index in [-0.39, 0.29) is 17.1 Å². The van der Waals surface area contributed by atoms with Crippen molar-refractivity contribution in [3.63, 3.8) is 0 Å². The molecule has 0 aromatic heterocycles. The summed E-state index contributed by atoms with van der Waals surface area (Å²) in [6.45, 7) is 10.3. The Bertz CT molecular complexity index is 875. The average Bonchev–Trinajstić information content (AvgIpc) is 2.76. The fraction of sp³-hybridized carbons (Fsp3) is 0.409. The molecule has 0 aliphatic carbocycles. The fourth-order valence-electron chi connectivity index (χ4n) is 3.55. The molecule has 2 aromatic carbocycles. The van der Waals surface area contributed by atoms with E-state index in [1.54, 1.807) is 6.07 Å². The molecule has 4 nitrogen and oxygen atoms in total. The first kappa shape index (κ1) is 19.7. The Kier molecular flexibility index (Phi) is 6.08. The summed E-state index contributed by atoms with van der Waals surface area (Å²) >= 11 is 6.06. The lowest BCUT2D eigenvalue weighted by Gasteiger charge is -2.36. The van der Waals surface area contributed by atoms with Crippen LogP contribution in [0.5, 0.6) is 5.75 Å². The molecular weight excluding hydrogens is 360 g/mol. The minimum Gasteiger partial charge on any atom is -0.504 e. The van der Waals surface area contributed by atoms with E-state index in [0.29, 0.717) is 12.1 Å². The van der Waals surface area contributed by atoms with E-state index in [4.69, 9.17) is 11.6 Å². The zero-order valence-corrected chi connectivity index (χ0v) is 17.0. The Morgan fingerprint density at radius 3 is 2.41 bits per heavy atom. The molecule has 0 radical (unpaired) electrons. The van der Waals surface area contributed by atoms with E-state index in [0.717, 1.165) is 36.8 Å². The van der Waals surface area contributed by atoms with Crippen LogP contribution >= 0.6 is 11.6 Å². The summed E-state index contributed by atoms with van der Waals surface area (Å²) in [7, 11) is 0. The molecule has 0 bridgehead atoms. The van der Waals surface area contributed by atoms with Gasteiger partial charge in [0.05, 0.1) is 0 Å². The summed E-state index contributed by atoms with van der Waals surface area (Å²) in [5.74, 6) is 0.126. The highest BCUT2D eigenvalue weighted by atomic mass is 35.5. The summed E-state index contributed by atoms with van der Waals surface area (Å²) in [6, 6.07) is 11.4. The van der Waals surface area contributed by atoms with Crippen molar-refractivity contribution in [1.29, 1.82) is 0 Å². The van der Waals surface area contributed by atoms with E-state index in [1.165, 1.54) is 11.3 Å². The van der Waals surface area contributed by atoms with Crippen molar-refractivity contribution in [2.24, 2.45) is 0 Å². The Hall–Kier alpha value is -2.04. The molecule has 1 heterocycles. The fourth-order valence-corrected chi connectivity index (χ4v) is 3.78. The van der Waals surface area contributed by atoms with Crippen LogP contribution in [0.25, 0.3) is 0 Å². The molecule has 5 heteroatoms. The van der Waals surface area contributed by atoms with Crippen LogP contribution in [0, 0.1) is 6.92 Å². The largest absolute Gasteiger partial charge is 0.504 e. The number of nitrogens with zero attached hydrogens (tertiary/aromatic N) is 2. The minimum absolute atomic E-state index is 0.127. The Morgan fingerprint density at radius 2 is 1.78 bits per heavy atom. The number of aryl methyl sites for hydroxylation is 1. The van der Waals surface area contributed by atoms with Gasteiger partial charge in [0, 0.05) is 49.0 Å². The molecule has 3 rings (SSSR count). The number of hydrogen-bond acceptors (Lipinski definition) is 4. The second-order valence-corrected chi connectivity index (χ2v) is 8.00. The van der Waals surface area contributed by atoms with Gasteiger partial charge in [-0.05, 0) is 48.2 Å². The van der Waals surface area contributed by atoms with Gasteiger partial charge < -0.3 is 10.0 Å². The van der Waals surface area contributed by atoms with Crippen LogP contribution in [0.1, 0.15) is 36.5 Å². The number of piperazine rings is 1. The summed E-state index contributed by atoms with van der Waals surface area (Å²) in [5, 5.41) is 11.1. The van der Waals surface area contributed by atoms with Gasteiger partial charge in [-0.15, -0.1) is 0 Å². The van der Waals surface area contributed by atoms with Gasteiger partial charge in [0.25, 0.3) is 0 Å². The van der Waals surface area contributed by atoms with Gasteiger partial charge in [0.1, 0.15) is 0 Å². The Morgan fingerprint density at radius 1 is 1.07 bits per heavy atom. The zero-order chi connectivity index (χ0) is 19.6. The molecular formula is C22H27ClN2O2. The number of halogens is 1. The number of benzene rings is 1. The predicted octanol–water partition coefficient (Wildman–Crippen LogP) is 4.16. The van der Waals surface area contributed by atoms with Gasteiger partial charge in [-0.1, -0.05) is 37.6 Å². The maximum absolute atomic E-state index is 12.2. The summed E-state index contributed by atoms with van der Waals surface area (Å²) in [6.07, 6.45) is 0. The maximum atomic E-state index is 12.2. The molecule has 0 atom stereocenters. The lowest BCUT2D eigenvalue weighted by atomic mass is 10.1. The highest BCUT2D eigenvalue weighted by molar-refractivity contribution is 6.30. The molecule has 1 aliphatic rings. The third-order valence-electron chi connectivity index (χ3n) is 5.24. The Balaban J connectivity index is 1.70. The lowest BCUT2D eigenvalue weighted by molar-refractivity contribution is 0.246. The van der Waals surface area contributed by atoms with E-state index < -0.39 is 0 Å². The standard InChI is InChI=1S/C22H27ClN2O2/c1-15(2)17-4-5-18(22(27)21(26)13-17)14-24-8-10-25(11-9-24)20-7-6-19(23)12-16(20)3/h4-7,12-13,15H,8-11,14H2,1-3H3,(H,26,27). The molecule has 144 valence electrons. The highest BCUT2D eigenvalue weighted by Crippen LogP contribution is 2.25. The zero-order valence-electron chi connectivity index (χ0n) is 16.2. The van der Waals surface area contributed by atoms with Gasteiger partial charge in [-0.3, -0.25) is 9.69 Å². The first-order chi connectivity index (χ1) is 12.8. The van der Waals surface area contributed by atoms with Crippen molar-refractivity contribution in [1.82, 2.24) is 4.90 Å². The van der Waals surface area contributed by atoms with Crippen LogP contribution in [0.4, 0.5) is 5.69 Å². The van der Waals surface area contributed by atoms with E-state index in [9.17, 15) is 9.90 Å². The molecule has 0 amide bonds. The first-order valence-electron chi connectivity index (χ1n) is 9.44. The number of anilines is 1. The summed E-state index contributed by atoms with van der Waals surface area (Å²) < 4.78 is 0. The average molecular weight is 387 g/mol. The van der Waals surface area contributed by atoms with Crippen LogP contribution in [0.15, 0.2) is 41.2 Å². The van der Waals surface area contributed by atoms with E-state index in [2.05, 4.69) is 22.8 Å². The predicted molar refractivity (Wildman–Crippen MR) is 112 cm³/mol. The number of hydrogen-bond donors (Lipinski definition) is 1. The van der Waals surface area contributed by atoms with Crippen LogP contribution in [-0.4, -0.2) is 36.2 Å². The Labute approximate surface area is 166 Å². The van der Waals surface area contributed by atoms with E-state index in [1.807, 2.05) is 38.1 Å².